The zero-order valence-corrected chi connectivity index (χ0v) is 7.33. The van der Waals surface area contributed by atoms with Crippen LogP contribution in [0.4, 0.5) is 8.78 Å². The summed E-state index contributed by atoms with van der Waals surface area (Å²) >= 11 is 0. The fraction of sp³-hybridized carbons (Fsp3) is 0. The standard InChI is InChI=1S/C10H6F2O3/c11-7-6-4(2-1-3-5(6)13)9(14)10(15)8(7)12/h1-3,13-15H. The van der Waals surface area contributed by atoms with Gasteiger partial charge in [0.2, 0.25) is 5.82 Å². The number of fused-ring (bicyclic) bond motifs is 1. The number of phenols is 3. The molecule has 0 fully saturated rings. The minimum Gasteiger partial charge on any atom is -0.507 e. The molecule has 2 rings (SSSR count). The Morgan fingerprint density at radius 3 is 2.20 bits per heavy atom. The Kier molecular flexibility index (Phi) is 1.89. The van der Waals surface area contributed by atoms with E-state index in [1.165, 1.54) is 12.1 Å². The summed E-state index contributed by atoms with van der Waals surface area (Å²) in [5.41, 5.74) is 0. The maximum absolute atomic E-state index is 13.3. The number of phenolic OH excluding ortho intramolecular Hbond substituents is 3. The topological polar surface area (TPSA) is 60.7 Å². The van der Waals surface area contributed by atoms with Crippen molar-refractivity contribution in [2.75, 3.05) is 0 Å². The summed E-state index contributed by atoms with van der Waals surface area (Å²) in [6.07, 6.45) is 0. The third kappa shape index (κ3) is 1.16. The summed E-state index contributed by atoms with van der Waals surface area (Å²) < 4.78 is 26.3. The number of hydrogen-bond acceptors (Lipinski definition) is 3. The van der Waals surface area contributed by atoms with Gasteiger partial charge in [0.1, 0.15) is 5.75 Å². The molecule has 2 aromatic rings. The number of benzene rings is 2. The van der Waals surface area contributed by atoms with Crippen molar-refractivity contribution >= 4 is 10.8 Å². The average molecular weight is 212 g/mol. The van der Waals surface area contributed by atoms with Crippen molar-refractivity contribution in [3.63, 3.8) is 0 Å². The maximum Gasteiger partial charge on any atom is 0.205 e. The first-order valence-electron chi connectivity index (χ1n) is 4.04. The SMILES string of the molecule is Oc1c(F)c(F)c2c(O)cccc2c1O. The molecule has 0 atom stereocenters. The molecule has 0 aliphatic rings. The lowest BCUT2D eigenvalue weighted by atomic mass is 10.1. The van der Waals surface area contributed by atoms with Crippen molar-refractivity contribution in [1.29, 1.82) is 0 Å². The van der Waals surface area contributed by atoms with Gasteiger partial charge in [0.15, 0.2) is 17.3 Å². The summed E-state index contributed by atoms with van der Waals surface area (Å²) in [5.74, 6) is -5.43. The third-order valence-corrected chi connectivity index (χ3v) is 2.14. The Balaban J connectivity index is 3.08. The van der Waals surface area contributed by atoms with E-state index in [9.17, 15) is 19.0 Å². The van der Waals surface area contributed by atoms with Gasteiger partial charge in [0, 0.05) is 5.39 Å². The summed E-state index contributed by atoms with van der Waals surface area (Å²) in [6, 6.07) is 3.75. The highest BCUT2D eigenvalue weighted by Gasteiger charge is 2.20. The van der Waals surface area contributed by atoms with Gasteiger partial charge in [-0.05, 0) is 6.07 Å². The second-order valence-corrected chi connectivity index (χ2v) is 3.02. The van der Waals surface area contributed by atoms with Gasteiger partial charge >= 0.3 is 0 Å². The van der Waals surface area contributed by atoms with Crippen LogP contribution in [-0.4, -0.2) is 15.3 Å². The van der Waals surface area contributed by atoms with E-state index >= 15 is 0 Å². The first kappa shape index (κ1) is 9.51. The average Bonchev–Trinajstić information content (AvgIpc) is 2.23. The highest BCUT2D eigenvalue weighted by Crippen LogP contribution is 2.41. The predicted octanol–water partition coefficient (Wildman–Crippen LogP) is 2.23. The molecule has 0 bridgehead atoms. The fourth-order valence-corrected chi connectivity index (χ4v) is 1.41. The lowest BCUT2D eigenvalue weighted by molar-refractivity contribution is 0.369. The molecule has 0 aliphatic carbocycles. The first-order valence-corrected chi connectivity index (χ1v) is 4.04. The second kappa shape index (κ2) is 2.98. The molecule has 3 N–H and O–H groups in total. The van der Waals surface area contributed by atoms with Crippen LogP contribution in [0.25, 0.3) is 10.8 Å². The number of rotatable bonds is 0. The molecular formula is C10H6F2O3. The van der Waals surface area contributed by atoms with Gasteiger partial charge < -0.3 is 15.3 Å². The van der Waals surface area contributed by atoms with Crippen molar-refractivity contribution < 1.29 is 24.1 Å². The molecule has 0 saturated heterocycles. The molecule has 0 aliphatic heterocycles. The van der Waals surface area contributed by atoms with Crippen molar-refractivity contribution in [1.82, 2.24) is 0 Å². The zero-order valence-electron chi connectivity index (χ0n) is 7.33. The Hall–Kier alpha value is -2.04. The van der Waals surface area contributed by atoms with Gasteiger partial charge in [-0.25, -0.2) is 4.39 Å². The Morgan fingerprint density at radius 1 is 0.867 bits per heavy atom. The molecule has 0 spiro atoms. The van der Waals surface area contributed by atoms with Crippen LogP contribution in [0.2, 0.25) is 0 Å². The van der Waals surface area contributed by atoms with Crippen LogP contribution < -0.4 is 0 Å². The predicted molar refractivity (Wildman–Crippen MR) is 48.9 cm³/mol. The highest BCUT2D eigenvalue weighted by molar-refractivity contribution is 5.95. The van der Waals surface area contributed by atoms with E-state index in [1.807, 2.05) is 0 Å². The van der Waals surface area contributed by atoms with E-state index in [2.05, 4.69) is 0 Å². The van der Waals surface area contributed by atoms with E-state index in [0.29, 0.717) is 0 Å². The van der Waals surface area contributed by atoms with E-state index < -0.39 is 34.3 Å². The highest BCUT2D eigenvalue weighted by atomic mass is 19.2. The van der Waals surface area contributed by atoms with Crippen LogP contribution in [-0.2, 0) is 0 Å². The largest absolute Gasteiger partial charge is 0.507 e. The third-order valence-electron chi connectivity index (χ3n) is 2.14. The monoisotopic (exact) mass is 212 g/mol. The van der Waals surface area contributed by atoms with Gasteiger partial charge in [-0.1, -0.05) is 12.1 Å². The van der Waals surface area contributed by atoms with E-state index in [1.54, 1.807) is 0 Å². The Morgan fingerprint density at radius 2 is 1.53 bits per heavy atom. The first-order chi connectivity index (χ1) is 7.04. The van der Waals surface area contributed by atoms with Crippen LogP contribution in [0.3, 0.4) is 0 Å². The van der Waals surface area contributed by atoms with Crippen LogP contribution in [0, 0.1) is 11.6 Å². The fourth-order valence-electron chi connectivity index (χ4n) is 1.41. The molecule has 0 heterocycles. The van der Waals surface area contributed by atoms with Gasteiger partial charge in [0.05, 0.1) is 5.39 Å². The number of halogens is 2. The Labute approximate surface area is 82.8 Å². The number of aromatic hydroxyl groups is 3. The second-order valence-electron chi connectivity index (χ2n) is 3.02. The van der Waals surface area contributed by atoms with Crippen LogP contribution in [0.1, 0.15) is 0 Å². The molecule has 0 saturated carbocycles. The summed E-state index contributed by atoms with van der Waals surface area (Å²) in [7, 11) is 0. The Bertz CT molecular complexity index is 552. The molecule has 0 unspecified atom stereocenters. The molecule has 5 heteroatoms. The van der Waals surface area contributed by atoms with E-state index in [-0.39, 0.29) is 5.39 Å². The van der Waals surface area contributed by atoms with Gasteiger partial charge in [0.25, 0.3) is 0 Å². The maximum atomic E-state index is 13.3. The number of hydrogen-bond donors (Lipinski definition) is 3. The van der Waals surface area contributed by atoms with Crippen LogP contribution in [0.15, 0.2) is 18.2 Å². The van der Waals surface area contributed by atoms with Crippen molar-refractivity contribution in [3.05, 3.63) is 29.8 Å². The molecule has 0 aromatic heterocycles. The van der Waals surface area contributed by atoms with E-state index in [0.717, 1.165) is 6.07 Å². The summed E-state index contributed by atoms with van der Waals surface area (Å²) in [5, 5.41) is 27.0. The van der Waals surface area contributed by atoms with Gasteiger partial charge in [-0.15, -0.1) is 0 Å². The minimum absolute atomic E-state index is 0.147. The van der Waals surface area contributed by atoms with Crippen molar-refractivity contribution in [2.45, 2.75) is 0 Å². The normalized spacial score (nSPS) is 10.8. The molecule has 0 radical (unpaired) electrons. The van der Waals surface area contributed by atoms with Crippen LogP contribution in [0.5, 0.6) is 17.2 Å². The minimum atomic E-state index is -1.58. The lowest BCUT2D eigenvalue weighted by Crippen LogP contribution is -1.89. The van der Waals surface area contributed by atoms with Crippen LogP contribution >= 0.6 is 0 Å². The summed E-state index contributed by atoms with van der Waals surface area (Å²) in [6.45, 7) is 0. The molecule has 0 amide bonds. The molecule has 15 heavy (non-hydrogen) atoms. The zero-order chi connectivity index (χ0) is 11.2. The lowest BCUT2D eigenvalue weighted by Gasteiger charge is -2.07. The summed E-state index contributed by atoms with van der Waals surface area (Å²) in [4.78, 5) is 0. The van der Waals surface area contributed by atoms with Gasteiger partial charge in [-0.2, -0.15) is 4.39 Å². The van der Waals surface area contributed by atoms with Crippen molar-refractivity contribution in [2.24, 2.45) is 0 Å². The molecular weight excluding hydrogens is 206 g/mol. The van der Waals surface area contributed by atoms with Crippen molar-refractivity contribution in [3.8, 4) is 17.2 Å². The van der Waals surface area contributed by atoms with E-state index in [4.69, 9.17) is 5.11 Å². The molecule has 2 aromatic carbocycles. The smallest absolute Gasteiger partial charge is 0.205 e. The molecule has 3 nitrogen and oxygen atoms in total. The van der Waals surface area contributed by atoms with Gasteiger partial charge in [-0.3, -0.25) is 0 Å². The molecule has 78 valence electrons. The quantitative estimate of drug-likeness (QED) is 0.587.